The van der Waals surface area contributed by atoms with Gasteiger partial charge in [-0.3, -0.25) is 0 Å². The fourth-order valence-corrected chi connectivity index (χ4v) is 1.59. The Bertz CT molecular complexity index is 323. The van der Waals surface area contributed by atoms with Gasteiger partial charge in [-0.2, -0.15) is 4.98 Å². The third-order valence-corrected chi connectivity index (χ3v) is 2.84. The van der Waals surface area contributed by atoms with Gasteiger partial charge in [0.1, 0.15) is 0 Å². The minimum Gasteiger partial charge on any atom is -0.376 e. The van der Waals surface area contributed by atoms with E-state index in [0.29, 0.717) is 24.4 Å². The zero-order valence-electron chi connectivity index (χ0n) is 9.69. The highest BCUT2D eigenvalue weighted by atomic mass is 16.5. The molecule has 1 aromatic heterocycles. The molecule has 0 bridgehead atoms. The van der Waals surface area contributed by atoms with E-state index in [1.54, 1.807) is 0 Å². The van der Waals surface area contributed by atoms with E-state index in [0.717, 1.165) is 25.7 Å². The molecule has 1 heterocycles. The Labute approximate surface area is 95.3 Å². The van der Waals surface area contributed by atoms with E-state index in [1.807, 2.05) is 0 Å². The molecule has 1 fully saturated rings. The molecule has 1 aliphatic carbocycles. The topological polar surface area (TPSA) is 74.2 Å². The summed E-state index contributed by atoms with van der Waals surface area (Å²) in [5, 5.41) is 3.87. The van der Waals surface area contributed by atoms with Crippen LogP contribution in [0, 0.1) is 0 Å². The van der Waals surface area contributed by atoms with E-state index in [2.05, 4.69) is 17.1 Å². The van der Waals surface area contributed by atoms with Gasteiger partial charge in [-0.05, 0) is 25.7 Å². The van der Waals surface area contributed by atoms with E-state index in [4.69, 9.17) is 15.0 Å². The summed E-state index contributed by atoms with van der Waals surface area (Å²) in [7, 11) is 0. The Morgan fingerprint density at radius 3 is 3.00 bits per heavy atom. The molecule has 1 aromatic rings. The first-order chi connectivity index (χ1) is 7.79. The minimum absolute atomic E-state index is 0.269. The van der Waals surface area contributed by atoms with Gasteiger partial charge in [-0.15, -0.1) is 0 Å². The number of nitrogens with two attached hydrogens (primary N) is 1. The predicted octanol–water partition coefficient (Wildman–Crippen LogP) is 1.59. The molecule has 5 nitrogen and oxygen atoms in total. The average Bonchev–Trinajstić information content (AvgIpc) is 2.64. The maximum atomic E-state index is 5.92. The molecule has 0 aliphatic heterocycles. The Hall–Kier alpha value is -0.940. The lowest BCUT2D eigenvalue weighted by atomic mass is 9.96. The van der Waals surface area contributed by atoms with E-state index in [9.17, 15) is 0 Å². The number of ether oxygens (including phenoxy) is 1. The average molecular weight is 225 g/mol. The maximum Gasteiger partial charge on any atom is 0.226 e. The van der Waals surface area contributed by atoms with Crippen molar-refractivity contribution in [1.82, 2.24) is 10.1 Å². The van der Waals surface area contributed by atoms with Crippen LogP contribution in [0.4, 0.5) is 0 Å². The van der Waals surface area contributed by atoms with E-state index in [-0.39, 0.29) is 6.04 Å². The van der Waals surface area contributed by atoms with Crippen molar-refractivity contribution in [2.24, 2.45) is 5.73 Å². The Morgan fingerprint density at radius 1 is 1.56 bits per heavy atom. The SMILES string of the molecule is CCCc1nc(C(N)COC2CCC2)no1. The first kappa shape index (κ1) is 11.5. The fraction of sp³-hybridized carbons (Fsp3) is 0.818. The van der Waals surface area contributed by atoms with Gasteiger partial charge in [0.2, 0.25) is 5.89 Å². The van der Waals surface area contributed by atoms with E-state index < -0.39 is 0 Å². The molecule has 0 saturated heterocycles. The molecular formula is C11H19N3O2. The predicted molar refractivity (Wildman–Crippen MR) is 58.8 cm³/mol. The van der Waals surface area contributed by atoms with Crippen LogP contribution in [0.25, 0.3) is 0 Å². The highest BCUT2D eigenvalue weighted by Gasteiger charge is 2.21. The summed E-state index contributed by atoms with van der Waals surface area (Å²) >= 11 is 0. The first-order valence-corrected chi connectivity index (χ1v) is 5.99. The third kappa shape index (κ3) is 2.80. The van der Waals surface area contributed by atoms with Crippen LogP contribution in [0.1, 0.15) is 50.4 Å². The van der Waals surface area contributed by atoms with Crippen LogP contribution in [0.5, 0.6) is 0 Å². The molecule has 0 spiro atoms. The van der Waals surface area contributed by atoms with Gasteiger partial charge in [0.25, 0.3) is 0 Å². The summed E-state index contributed by atoms with van der Waals surface area (Å²) in [4.78, 5) is 4.24. The zero-order valence-corrected chi connectivity index (χ0v) is 9.69. The van der Waals surface area contributed by atoms with Crippen LogP contribution in [-0.4, -0.2) is 22.9 Å². The third-order valence-electron chi connectivity index (χ3n) is 2.84. The molecule has 1 atom stereocenters. The van der Waals surface area contributed by atoms with Crippen molar-refractivity contribution in [1.29, 1.82) is 0 Å². The standard InChI is InChI=1S/C11H19N3O2/c1-2-4-10-13-11(14-16-10)9(12)7-15-8-5-3-6-8/h8-9H,2-7,12H2,1H3. The second-order valence-corrected chi connectivity index (χ2v) is 4.29. The zero-order chi connectivity index (χ0) is 11.4. The highest BCUT2D eigenvalue weighted by Crippen LogP contribution is 2.22. The van der Waals surface area contributed by atoms with Crippen molar-refractivity contribution in [3.8, 4) is 0 Å². The summed E-state index contributed by atoms with van der Waals surface area (Å²) in [6.07, 6.45) is 5.77. The van der Waals surface area contributed by atoms with Gasteiger partial charge in [-0.25, -0.2) is 0 Å². The van der Waals surface area contributed by atoms with Crippen molar-refractivity contribution >= 4 is 0 Å². The molecule has 1 unspecified atom stereocenters. The lowest BCUT2D eigenvalue weighted by Gasteiger charge is -2.26. The molecule has 1 aliphatic rings. The second-order valence-electron chi connectivity index (χ2n) is 4.29. The van der Waals surface area contributed by atoms with Crippen LogP contribution >= 0.6 is 0 Å². The number of nitrogens with zero attached hydrogens (tertiary/aromatic N) is 2. The highest BCUT2D eigenvalue weighted by molar-refractivity contribution is 4.93. The Balaban J connectivity index is 1.79. The Morgan fingerprint density at radius 2 is 2.38 bits per heavy atom. The summed E-state index contributed by atoms with van der Waals surface area (Å²) in [6.45, 7) is 2.55. The second kappa shape index (κ2) is 5.41. The molecule has 1 saturated carbocycles. The molecule has 0 amide bonds. The molecule has 0 aromatic carbocycles. The number of hydrogen-bond acceptors (Lipinski definition) is 5. The fourth-order valence-electron chi connectivity index (χ4n) is 1.59. The summed E-state index contributed by atoms with van der Waals surface area (Å²) in [5.41, 5.74) is 5.92. The van der Waals surface area contributed by atoms with Gasteiger partial charge >= 0.3 is 0 Å². The number of rotatable bonds is 6. The van der Waals surface area contributed by atoms with Gasteiger partial charge in [-0.1, -0.05) is 12.1 Å². The van der Waals surface area contributed by atoms with Crippen LogP contribution in [0.2, 0.25) is 0 Å². The largest absolute Gasteiger partial charge is 0.376 e. The van der Waals surface area contributed by atoms with E-state index >= 15 is 0 Å². The quantitative estimate of drug-likeness (QED) is 0.795. The molecule has 0 radical (unpaired) electrons. The number of aromatic nitrogens is 2. The first-order valence-electron chi connectivity index (χ1n) is 5.99. The van der Waals surface area contributed by atoms with Gasteiger partial charge in [0.15, 0.2) is 5.82 Å². The number of aryl methyl sites for hydroxylation is 1. The molecule has 90 valence electrons. The van der Waals surface area contributed by atoms with Crippen LogP contribution < -0.4 is 5.73 Å². The van der Waals surface area contributed by atoms with Gasteiger partial charge < -0.3 is 15.0 Å². The van der Waals surface area contributed by atoms with Gasteiger partial charge in [0.05, 0.1) is 18.8 Å². The summed E-state index contributed by atoms with van der Waals surface area (Å²) in [6, 6.07) is -0.269. The van der Waals surface area contributed by atoms with Crippen molar-refractivity contribution in [2.45, 2.75) is 51.2 Å². The number of hydrogen-bond donors (Lipinski definition) is 1. The van der Waals surface area contributed by atoms with Crippen LogP contribution in [0.3, 0.4) is 0 Å². The summed E-state index contributed by atoms with van der Waals surface area (Å²) in [5.74, 6) is 1.22. The molecule has 5 heteroatoms. The summed E-state index contributed by atoms with van der Waals surface area (Å²) < 4.78 is 10.7. The van der Waals surface area contributed by atoms with Crippen LogP contribution in [-0.2, 0) is 11.2 Å². The molecular weight excluding hydrogens is 206 g/mol. The van der Waals surface area contributed by atoms with Crippen molar-refractivity contribution in [3.63, 3.8) is 0 Å². The smallest absolute Gasteiger partial charge is 0.226 e. The van der Waals surface area contributed by atoms with Crippen molar-refractivity contribution in [2.75, 3.05) is 6.61 Å². The minimum atomic E-state index is -0.269. The van der Waals surface area contributed by atoms with Crippen molar-refractivity contribution < 1.29 is 9.26 Å². The van der Waals surface area contributed by atoms with E-state index in [1.165, 1.54) is 6.42 Å². The van der Waals surface area contributed by atoms with Crippen LogP contribution in [0.15, 0.2) is 4.52 Å². The molecule has 2 N–H and O–H groups in total. The Kier molecular flexibility index (Phi) is 3.90. The lowest BCUT2D eigenvalue weighted by molar-refractivity contribution is -0.00549. The lowest BCUT2D eigenvalue weighted by Crippen LogP contribution is -2.27. The van der Waals surface area contributed by atoms with Crippen molar-refractivity contribution in [3.05, 3.63) is 11.7 Å². The van der Waals surface area contributed by atoms with Gasteiger partial charge in [0, 0.05) is 6.42 Å². The monoisotopic (exact) mass is 225 g/mol. The molecule has 16 heavy (non-hydrogen) atoms. The maximum absolute atomic E-state index is 5.92. The molecule has 2 rings (SSSR count). The normalized spacial score (nSPS) is 18.4.